The van der Waals surface area contributed by atoms with Gasteiger partial charge in [-0.25, -0.2) is 9.78 Å². The van der Waals surface area contributed by atoms with E-state index in [0.717, 1.165) is 16.8 Å². The van der Waals surface area contributed by atoms with Crippen LogP contribution in [0.1, 0.15) is 71.9 Å². The molecule has 1 aromatic heterocycles. The Kier molecular flexibility index (Phi) is 13.7. The minimum Gasteiger partial charge on any atom is -0.469 e. The number of allylic oxidation sites excluding steroid dienone is 5. The number of esters is 2. The van der Waals surface area contributed by atoms with E-state index in [-0.39, 0.29) is 42.7 Å². The minimum absolute atomic E-state index is 0.115. The molecule has 10 heteroatoms. The smallest absolute Gasteiger partial charge is 0.330 e. The Balaban J connectivity index is 1.82. The van der Waals surface area contributed by atoms with Gasteiger partial charge in [-0.3, -0.25) is 4.79 Å². The van der Waals surface area contributed by atoms with Crippen molar-refractivity contribution in [2.24, 2.45) is 17.8 Å². The maximum Gasteiger partial charge on any atom is 0.330 e. The predicted octanol–water partition coefficient (Wildman–Crippen LogP) is 5.44. The Bertz CT molecular complexity index is 1320. The number of ether oxygens (including phenoxy) is 4. The Morgan fingerprint density at radius 2 is 1.96 bits per heavy atom. The fourth-order valence-electron chi connectivity index (χ4n) is 5.83. The normalized spacial score (nSPS) is 32.7. The van der Waals surface area contributed by atoms with Crippen molar-refractivity contribution < 1.29 is 43.2 Å². The van der Waals surface area contributed by atoms with E-state index in [1.807, 2.05) is 71.1 Å². The Hall–Kier alpha value is -3.31. The number of fused-ring (bicyclic) bond motifs is 1. The molecule has 0 bridgehead atoms. The molecule has 1 fully saturated rings. The second-order valence-electron chi connectivity index (χ2n) is 12.7. The van der Waals surface area contributed by atoms with Crippen molar-refractivity contribution in [3.05, 3.63) is 71.5 Å². The highest BCUT2D eigenvalue weighted by Crippen LogP contribution is 2.43. The summed E-state index contributed by atoms with van der Waals surface area (Å²) in [5.74, 6) is -1.11. The van der Waals surface area contributed by atoms with Gasteiger partial charge in [0, 0.05) is 44.8 Å². The van der Waals surface area contributed by atoms with Gasteiger partial charge in [0.2, 0.25) is 0 Å². The van der Waals surface area contributed by atoms with E-state index in [1.54, 1.807) is 26.4 Å². The van der Waals surface area contributed by atoms with E-state index in [0.29, 0.717) is 18.7 Å². The third-order valence-corrected chi connectivity index (χ3v) is 8.95. The Morgan fingerprint density at radius 1 is 1.22 bits per heavy atom. The van der Waals surface area contributed by atoms with Gasteiger partial charge in [-0.05, 0) is 56.8 Å². The average Bonchev–Trinajstić information content (AvgIpc) is 3.51. The van der Waals surface area contributed by atoms with Crippen LogP contribution in [0.25, 0.3) is 6.08 Å². The summed E-state index contributed by atoms with van der Waals surface area (Å²) in [4.78, 5) is 29.4. The molecule has 0 amide bonds. The van der Waals surface area contributed by atoms with E-state index in [1.165, 1.54) is 13.2 Å². The maximum absolute atomic E-state index is 13.1. The van der Waals surface area contributed by atoms with Gasteiger partial charge < -0.3 is 33.6 Å². The van der Waals surface area contributed by atoms with Crippen molar-refractivity contribution in [2.45, 2.75) is 103 Å². The minimum atomic E-state index is -0.932. The Morgan fingerprint density at radius 3 is 2.61 bits per heavy atom. The molecular formula is C36H51NO9. The van der Waals surface area contributed by atoms with E-state index in [4.69, 9.17) is 23.4 Å². The van der Waals surface area contributed by atoms with Gasteiger partial charge in [-0.2, -0.15) is 0 Å². The predicted molar refractivity (Wildman–Crippen MR) is 174 cm³/mol. The van der Waals surface area contributed by atoms with Crippen LogP contribution >= 0.6 is 0 Å². The van der Waals surface area contributed by atoms with Crippen LogP contribution in [0.5, 0.6) is 0 Å². The number of aryl methyl sites for hydroxylation is 1. The first-order valence-corrected chi connectivity index (χ1v) is 15.9. The number of aliphatic hydroxyl groups is 2. The molecule has 2 N–H and O–H groups in total. The number of carbonyl (C=O) groups excluding carboxylic acids is 2. The molecular weight excluding hydrogens is 590 g/mol. The Labute approximate surface area is 272 Å². The molecule has 0 spiro atoms. The van der Waals surface area contributed by atoms with Gasteiger partial charge in [-0.1, -0.05) is 50.3 Å². The van der Waals surface area contributed by atoms with E-state index in [9.17, 15) is 19.8 Å². The van der Waals surface area contributed by atoms with Gasteiger partial charge in [0.05, 0.1) is 25.4 Å². The lowest BCUT2D eigenvalue weighted by atomic mass is 9.85. The van der Waals surface area contributed by atoms with Gasteiger partial charge >= 0.3 is 11.9 Å². The average molecular weight is 642 g/mol. The van der Waals surface area contributed by atoms with E-state index >= 15 is 0 Å². The second-order valence-corrected chi connectivity index (χ2v) is 12.7. The highest BCUT2D eigenvalue weighted by molar-refractivity contribution is 5.82. The summed E-state index contributed by atoms with van der Waals surface area (Å²) < 4.78 is 27.9. The monoisotopic (exact) mass is 641 g/mol. The zero-order valence-electron chi connectivity index (χ0n) is 28.3. The van der Waals surface area contributed by atoms with Crippen LogP contribution in [0, 0.1) is 24.7 Å². The molecule has 0 radical (unpaired) electrons. The number of nitrogens with zero attached hydrogens (tertiary/aromatic N) is 1. The molecule has 2 aliphatic rings. The van der Waals surface area contributed by atoms with Gasteiger partial charge in [0.15, 0.2) is 5.89 Å². The molecule has 0 aliphatic carbocycles. The first kappa shape index (κ1) is 37.2. The van der Waals surface area contributed by atoms with Crippen LogP contribution in [0.4, 0.5) is 0 Å². The molecule has 1 aromatic rings. The van der Waals surface area contributed by atoms with Crippen LogP contribution in [0.3, 0.4) is 0 Å². The zero-order chi connectivity index (χ0) is 34.0. The molecule has 3 heterocycles. The lowest BCUT2D eigenvalue weighted by molar-refractivity contribution is -0.150. The van der Waals surface area contributed by atoms with Crippen LogP contribution in [0.15, 0.2) is 64.4 Å². The highest BCUT2D eigenvalue weighted by atomic mass is 16.6. The van der Waals surface area contributed by atoms with Crippen molar-refractivity contribution in [3.63, 3.8) is 0 Å². The summed E-state index contributed by atoms with van der Waals surface area (Å²) in [6.07, 6.45) is 14.0. The van der Waals surface area contributed by atoms with E-state index < -0.39 is 36.0 Å². The topological polar surface area (TPSA) is 141 Å². The molecule has 254 valence electrons. The fraction of sp³-hybridized carbons (Fsp3) is 0.583. The standard InChI is InChI=1S/C36H51NO9/c1-22(17-28-21-44-26(5)37-28)11-9-12-24(3)35(43-8)25(4)30-20-31(39)36(6)32(46-36)16-15-23(2)29(38)18-27(19-34(41)42-7)13-10-14-33(40)45-30/h9-12,14-17,21,23,25,27,29-32,35,38-39H,13,18-20H2,1-8H3/b11-9+,14-10+,16-15+,22-17+,24-12+/t23-,25+,27-,29-,30?,31+,32-,35-,36+/m1/s1. The number of rotatable bonds is 9. The number of epoxide rings is 1. The third-order valence-electron chi connectivity index (χ3n) is 8.95. The van der Waals surface area contributed by atoms with Gasteiger partial charge in [0.1, 0.15) is 29.8 Å². The SMILES string of the molecule is COC(=O)C[C@@H]1C/C=C/C(=O)OC([C@H](C)[C@H](OC)/C(C)=C/C=C/C(C)=C/c2coc(C)n2)C[C@H](O)[C@]2(C)O[C@@H]2/C=C/[C@@H](C)[C@H](O)C1. The van der Waals surface area contributed by atoms with Crippen LogP contribution in [-0.4, -0.2) is 77.5 Å². The van der Waals surface area contributed by atoms with Crippen LogP contribution < -0.4 is 0 Å². The van der Waals surface area contributed by atoms with Crippen molar-refractivity contribution in [3.8, 4) is 0 Å². The first-order valence-electron chi connectivity index (χ1n) is 15.9. The molecule has 2 aliphatic heterocycles. The number of methoxy groups -OCH3 is 2. The van der Waals surface area contributed by atoms with Gasteiger partial charge in [-0.15, -0.1) is 0 Å². The van der Waals surface area contributed by atoms with Crippen molar-refractivity contribution in [2.75, 3.05) is 14.2 Å². The lowest BCUT2D eigenvalue weighted by Gasteiger charge is -2.32. The summed E-state index contributed by atoms with van der Waals surface area (Å²) in [5, 5.41) is 22.2. The molecule has 0 aromatic carbocycles. The zero-order valence-corrected chi connectivity index (χ0v) is 28.3. The summed E-state index contributed by atoms with van der Waals surface area (Å²) in [6.45, 7) is 11.4. The van der Waals surface area contributed by atoms with Crippen molar-refractivity contribution in [1.29, 1.82) is 0 Å². The van der Waals surface area contributed by atoms with Crippen molar-refractivity contribution >= 4 is 18.0 Å². The summed E-state index contributed by atoms with van der Waals surface area (Å²) in [7, 11) is 2.94. The highest BCUT2D eigenvalue weighted by Gasteiger charge is 2.57. The molecule has 9 atom stereocenters. The molecule has 10 nitrogen and oxygen atoms in total. The number of aliphatic hydroxyl groups excluding tert-OH is 2. The number of cyclic esters (lactones) is 1. The molecule has 46 heavy (non-hydrogen) atoms. The number of hydrogen-bond donors (Lipinski definition) is 2. The molecule has 0 saturated carbocycles. The molecule has 3 rings (SSSR count). The summed E-state index contributed by atoms with van der Waals surface area (Å²) in [6, 6.07) is 0. The second kappa shape index (κ2) is 17.0. The summed E-state index contributed by atoms with van der Waals surface area (Å²) in [5.41, 5.74) is 1.78. The number of hydrogen-bond acceptors (Lipinski definition) is 10. The quantitative estimate of drug-likeness (QED) is 0.155. The fourth-order valence-corrected chi connectivity index (χ4v) is 5.83. The number of oxazole rings is 1. The third kappa shape index (κ3) is 10.6. The number of aromatic nitrogens is 1. The van der Waals surface area contributed by atoms with E-state index in [2.05, 4.69) is 4.98 Å². The first-order chi connectivity index (χ1) is 21.8. The number of carbonyl (C=O) groups is 2. The van der Waals surface area contributed by atoms with Gasteiger partial charge in [0.25, 0.3) is 0 Å². The summed E-state index contributed by atoms with van der Waals surface area (Å²) >= 11 is 0. The maximum atomic E-state index is 13.1. The molecule has 1 saturated heterocycles. The molecule has 1 unspecified atom stereocenters. The van der Waals surface area contributed by atoms with Crippen LogP contribution in [-0.2, 0) is 28.5 Å². The van der Waals surface area contributed by atoms with Crippen molar-refractivity contribution in [1.82, 2.24) is 4.98 Å². The van der Waals surface area contributed by atoms with Crippen LogP contribution in [0.2, 0.25) is 0 Å². The lowest BCUT2D eigenvalue weighted by Crippen LogP contribution is -2.41. The largest absolute Gasteiger partial charge is 0.469 e.